The smallest absolute Gasteiger partial charge is 0.269 e. The molecule has 2 heterocycles. The fraction of sp³-hybridized carbons (Fsp3) is 0.545. The second-order valence-corrected chi connectivity index (χ2v) is 4.02. The van der Waals surface area contributed by atoms with Crippen LogP contribution in [-0.4, -0.2) is 35.4 Å². The average molecular weight is 236 g/mol. The first-order valence-corrected chi connectivity index (χ1v) is 5.75. The summed E-state index contributed by atoms with van der Waals surface area (Å²) in [5, 5.41) is 10.7. The van der Waals surface area contributed by atoms with Crippen LogP contribution in [0.15, 0.2) is 12.1 Å². The molecule has 1 aliphatic rings. The lowest BCUT2D eigenvalue weighted by atomic mass is 10.2. The van der Waals surface area contributed by atoms with Crippen molar-refractivity contribution in [3.8, 4) is 0 Å². The Hall–Kier alpha value is -1.69. The van der Waals surface area contributed by atoms with Crippen LogP contribution in [0.5, 0.6) is 0 Å². The molecular formula is C11H16N4O2. The van der Waals surface area contributed by atoms with Gasteiger partial charge < -0.3 is 15.8 Å². The summed E-state index contributed by atoms with van der Waals surface area (Å²) in [7, 11) is 0. The number of carbonyl (C=O) groups is 1. The van der Waals surface area contributed by atoms with Crippen LogP contribution in [0.25, 0.3) is 0 Å². The highest BCUT2D eigenvalue weighted by atomic mass is 16.5. The Kier molecular flexibility index (Phi) is 3.87. The van der Waals surface area contributed by atoms with Crippen LogP contribution < -0.4 is 11.1 Å². The first kappa shape index (κ1) is 11.8. The Morgan fingerprint density at radius 1 is 1.53 bits per heavy atom. The zero-order valence-corrected chi connectivity index (χ0v) is 9.56. The molecule has 0 saturated carbocycles. The van der Waals surface area contributed by atoms with Crippen LogP contribution in [0.2, 0.25) is 0 Å². The Labute approximate surface area is 99.6 Å². The molecule has 0 aromatic carbocycles. The summed E-state index contributed by atoms with van der Waals surface area (Å²) in [5.41, 5.74) is 5.24. The van der Waals surface area contributed by atoms with Gasteiger partial charge in [0.05, 0.1) is 6.10 Å². The molecule has 0 radical (unpaired) electrons. The lowest BCUT2D eigenvalue weighted by Crippen LogP contribution is -2.16. The SMILES string of the molecule is NC(=O)c1ccc(NCCC2CCCO2)nn1. The molecular weight excluding hydrogens is 220 g/mol. The van der Waals surface area contributed by atoms with Crippen molar-refractivity contribution in [1.82, 2.24) is 10.2 Å². The molecule has 1 atom stereocenters. The van der Waals surface area contributed by atoms with Crippen LogP contribution in [0.4, 0.5) is 5.82 Å². The molecule has 6 nitrogen and oxygen atoms in total. The number of nitrogens with one attached hydrogen (secondary N) is 1. The van der Waals surface area contributed by atoms with E-state index in [2.05, 4.69) is 15.5 Å². The van der Waals surface area contributed by atoms with Crippen LogP contribution in [0, 0.1) is 0 Å². The van der Waals surface area contributed by atoms with Crippen molar-refractivity contribution < 1.29 is 9.53 Å². The third kappa shape index (κ3) is 3.39. The van der Waals surface area contributed by atoms with E-state index in [1.807, 2.05) is 0 Å². The highest BCUT2D eigenvalue weighted by molar-refractivity contribution is 5.90. The molecule has 1 unspecified atom stereocenters. The van der Waals surface area contributed by atoms with Gasteiger partial charge in [-0.3, -0.25) is 4.79 Å². The summed E-state index contributed by atoms with van der Waals surface area (Å²) in [6.45, 7) is 1.66. The normalized spacial score (nSPS) is 19.2. The van der Waals surface area contributed by atoms with E-state index in [0.29, 0.717) is 11.9 Å². The summed E-state index contributed by atoms with van der Waals surface area (Å²) in [6, 6.07) is 3.26. The zero-order valence-electron chi connectivity index (χ0n) is 9.56. The van der Waals surface area contributed by atoms with Gasteiger partial charge in [0, 0.05) is 13.2 Å². The van der Waals surface area contributed by atoms with Crippen molar-refractivity contribution in [2.24, 2.45) is 5.73 Å². The highest BCUT2D eigenvalue weighted by Gasteiger charge is 2.14. The molecule has 1 aliphatic heterocycles. The number of aromatic nitrogens is 2. The van der Waals surface area contributed by atoms with Gasteiger partial charge in [-0.15, -0.1) is 10.2 Å². The van der Waals surface area contributed by atoms with Gasteiger partial charge in [-0.05, 0) is 31.4 Å². The summed E-state index contributed by atoms with van der Waals surface area (Å²) in [4.78, 5) is 10.8. The van der Waals surface area contributed by atoms with Crippen LogP contribution in [-0.2, 0) is 4.74 Å². The highest BCUT2D eigenvalue weighted by Crippen LogP contribution is 2.15. The van der Waals surface area contributed by atoms with Crippen LogP contribution in [0.1, 0.15) is 29.8 Å². The van der Waals surface area contributed by atoms with Gasteiger partial charge in [-0.2, -0.15) is 0 Å². The quantitative estimate of drug-likeness (QED) is 0.779. The van der Waals surface area contributed by atoms with E-state index in [0.717, 1.165) is 32.4 Å². The van der Waals surface area contributed by atoms with E-state index in [-0.39, 0.29) is 5.69 Å². The molecule has 1 aromatic heterocycles. The first-order chi connectivity index (χ1) is 8.25. The third-order valence-corrected chi connectivity index (χ3v) is 2.71. The molecule has 3 N–H and O–H groups in total. The van der Waals surface area contributed by atoms with Gasteiger partial charge >= 0.3 is 0 Å². The van der Waals surface area contributed by atoms with E-state index in [9.17, 15) is 4.79 Å². The Morgan fingerprint density at radius 3 is 3.00 bits per heavy atom. The topological polar surface area (TPSA) is 90.1 Å². The number of hydrogen-bond donors (Lipinski definition) is 2. The molecule has 17 heavy (non-hydrogen) atoms. The minimum Gasteiger partial charge on any atom is -0.378 e. The van der Waals surface area contributed by atoms with E-state index < -0.39 is 5.91 Å². The molecule has 1 saturated heterocycles. The number of nitrogens with two attached hydrogens (primary N) is 1. The molecule has 1 amide bonds. The lowest BCUT2D eigenvalue weighted by Gasteiger charge is -2.09. The van der Waals surface area contributed by atoms with Crippen molar-refractivity contribution in [3.63, 3.8) is 0 Å². The number of nitrogens with zero attached hydrogens (tertiary/aromatic N) is 2. The summed E-state index contributed by atoms with van der Waals surface area (Å²) in [5.74, 6) is 0.0800. The molecule has 0 bridgehead atoms. The predicted octanol–water partition coefficient (Wildman–Crippen LogP) is 0.556. The van der Waals surface area contributed by atoms with E-state index in [4.69, 9.17) is 10.5 Å². The minimum absolute atomic E-state index is 0.176. The summed E-state index contributed by atoms with van der Waals surface area (Å²) >= 11 is 0. The van der Waals surface area contributed by atoms with Crippen LogP contribution in [0.3, 0.4) is 0 Å². The number of rotatable bonds is 5. The number of anilines is 1. The fourth-order valence-electron chi connectivity index (χ4n) is 1.79. The van der Waals surface area contributed by atoms with Crippen molar-refractivity contribution in [3.05, 3.63) is 17.8 Å². The van der Waals surface area contributed by atoms with Crippen LogP contribution >= 0.6 is 0 Å². The molecule has 0 aliphatic carbocycles. The number of primary amides is 1. The second kappa shape index (κ2) is 5.58. The largest absolute Gasteiger partial charge is 0.378 e. The fourth-order valence-corrected chi connectivity index (χ4v) is 1.79. The van der Waals surface area contributed by atoms with Gasteiger partial charge in [0.25, 0.3) is 5.91 Å². The Morgan fingerprint density at radius 2 is 2.41 bits per heavy atom. The summed E-state index contributed by atoms with van der Waals surface area (Å²) in [6.07, 6.45) is 3.60. The van der Waals surface area contributed by atoms with Gasteiger partial charge in [-0.25, -0.2) is 0 Å². The maximum atomic E-state index is 10.8. The number of hydrogen-bond acceptors (Lipinski definition) is 5. The zero-order chi connectivity index (χ0) is 12.1. The second-order valence-electron chi connectivity index (χ2n) is 4.02. The average Bonchev–Trinajstić information content (AvgIpc) is 2.83. The van der Waals surface area contributed by atoms with Gasteiger partial charge in [0.2, 0.25) is 0 Å². The standard InChI is InChI=1S/C11H16N4O2/c12-11(16)9-3-4-10(15-14-9)13-6-5-8-2-1-7-17-8/h3-4,8H,1-2,5-7H2,(H2,12,16)(H,13,15). The lowest BCUT2D eigenvalue weighted by molar-refractivity contribution is 0.0994. The van der Waals surface area contributed by atoms with Crippen molar-refractivity contribution in [2.75, 3.05) is 18.5 Å². The maximum absolute atomic E-state index is 10.8. The number of ether oxygens (including phenoxy) is 1. The Balaban J connectivity index is 1.76. The summed E-state index contributed by atoms with van der Waals surface area (Å²) < 4.78 is 5.50. The van der Waals surface area contributed by atoms with Crippen molar-refractivity contribution in [1.29, 1.82) is 0 Å². The van der Waals surface area contributed by atoms with Gasteiger partial charge in [0.1, 0.15) is 5.82 Å². The third-order valence-electron chi connectivity index (χ3n) is 2.71. The molecule has 1 fully saturated rings. The number of carbonyl (C=O) groups excluding carboxylic acids is 1. The predicted molar refractivity (Wildman–Crippen MR) is 62.6 cm³/mol. The molecule has 92 valence electrons. The molecule has 0 spiro atoms. The molecule has 1 aromatic rings. The molecule has 6 heteroatoms. The monoisotopic (exact) mass is 236 g/mol. The van der Waals surface area contributed by atoms with Crippen molar-refractivity contribution >= 4 is 11.7 Å². The van der Waals surface area contributed by atoms with E-state index in [1.54, 1.807) is 12.1 Å². The minimum atomic E-state index is -0.566. The van der Waals surface area contributed by atoms with Gasteiger partial charge in [-0.1, -0.05) is 0 Å². The number of amides is 1. The van der Waals surface area contributed by atoms with Crippen molar-refractivity contribution in [2.45, 2.75) is 25.4 Å². The maximum Gasteiger partial charge on any atom is 0.269 e. The van der Waals surface area contributed by atoms with Gasteiger partial charge in [0.15, 0.2) is 5.69 Å². The van der Waals surface area contributed by atoms with E-state index in [1.165, 1.54) is 0 Å². The Bertz CT molecular complexity index is 374. The molecule has 2 rings (SSSR count). The first-order valence-electron chi connectivity index (χ1n) is 5.75. The van der Waals surface area contributed by atoms with E-state index >= 15 is 0 Å².